The first kappa shape index (κ1) is 9.77. The zero-order chi connectivity index (χ0) is 10.3. The Kier molecular flexibility index (Phi) is 3.38. The molecule has 15 heavy (non-hydrogen) atoms. The Morgan fingerprint density at radius 2 is 2.07 bits per heavy atom. The van der Waals surface area contributed by atoms with Gasteiger partial charge < -0.3 is 10.6 Å². The van der Waals surface area contributed by atoms with E-state index >= 15 is 0 Å². The van der Waals surface area contributed by atoms with E-state index in [0.717, 1.165) is 18.9 Å². The molecule has 2 N–H and O–H groups in total. The van der Waals surface area contributed by atoms with E-state index < -0.39 is 0 Å². The minimum Gasteiger partial charge on any atom is -0.356 e. The molecule has 0 aliphatic carbocycles. The minimum absolute atomic E-state index is 0.813. The molecule has 0 aromatic heterocycles. The van der Waals surface area contributed by atoms with Gasteiger partial charge in [-0.25, -0.2) is 4.99 Å². The summed E-state index contributed by atoms with van der Waals surface area (Å²) in [5, 5.41) is 6.26. The number of hydrogen-bond donors (Lipinski definition) is 2. The van der Waals surface area contributed by atoms with Crippen LogP contribution in [0.4, 0.5) is 0 Å². The molecular weight excluding hydrogens is 186 g/mol. The molecule has 0 fully saturated rings. The van der Waals surface area contributed by atoms with Crippen molar-refractivity contribution in [2.24, 2.45) is 4.99 Å². The van der Waals surface area contributed by atoms with Crippen LogP contribution in [0.25, 0.3) is 0 Å². The highest BCUT2D eigenvalue weighted by Gasteiger charge is 1.98. The monoisotopic (exact) mass is 200 g/mol. The summed E-state index contributed by atoms with van der Waals surface area (Å²) in [5.41, 5.74) is 1.33. The minimum atomic E-state index is 0.813. The Balaban J connectivity index is 1.75. The van der Waals surface area contributed by atoms with Crippen molar-refractivity contribution >= 4 is 5.96 Å². The molecule has 0 atom stereocenters. The van der Waals surface area contributed by atoms with E-state index in [1.165, 1.54) is 5.56 Å². The zero-order valence-electron chi connectivity index (χ0n) is 8.48. The molecule has 0 bridgehead atoms. The smallest absolute Gasteiger partial charge is 0.196 e. The maximum Gasteiger partial charge on any atom is 0.196 e. The SMILES string of the molecule is [CH]1C=CN=C(NCCc2ccccc2)N1. The molecule has 3 heteroatoms. The van der Waals surface area contributed by atoms with Crippen LogP contribution in [0.5, 0.6) is 0 Å². The molecule has 0 amide bonds. The van der Waals surface area contributed by atoms with Crippen molar-refractivity contribution in [2.45, 2.75) is 6.42 Å². The van der Waals surface area contributed by atoms with Gasteiger partial charge in [-0.15, -0.1) is 0 Å². The standard InChI is InChI=1S/C12H14N3/c1-2-5-11(6-3-1)7-10-15-12-13-8-4-9-14-12/h1-6,8-9H,7,10H2,(H2,13,14,15). The molecule has 0 spiro atoms. The third kappa shape index (κ3) is 3.13. The fraction of sp³-hybridized carbons (Fsp3) is 0.167. The number of rotatable bonds is 3. The maximum absolute atomic E-state index is 4.14. The lowest BCUT2D eigenvalue weighted by Crippen LogP contribution is -2.37. The van der Waals surface area contributed by atoms with Crippen molar-refractivity contribution in [3.8, 4) is 0 Å². The van der Waals surface area contributed by atoms with Crippen molar-refractivity contribution in [2.75, 3.05) is 6.54 Å². The maximum atomic E-state index is 4.14. The topological polar surface area (TPSA) is 36.4 Å². The van der Waals surface area contributed by atoms with Crippen molar-refractivity contribution < 1.29 is 0 Å². The number of benzene rings is 1. The molecule has 1 radical (unpaired) electrons. The fourth-order valence-electron chi connectivity index (χ4n) is 1.39. The van der Waals surface area contributed by atoms with Crippen LogP contribution in [-0.4, -0.2) is 12.5 Å². The van der Waals surface area contributed by atoms with E-state index in [1.54, 1.807) is 6.20 Å². The number of nitrogens with one attached hydrogen (secondary N) is 2. The van der Waals surface area contributed by atoms with Gasteiger partial charge in [0.05, 0.1) is 6.54 Å². The van der Waals surface area contributed by atoms with Gasteiger partial charge in [0, 0.05) is 12.7 Å². The summed E-state index contributed by atoms with van der Waals surface area (Å²) in [5.74, 6) is 0.813. The van der Waals surface area contributed by atoms with Crippen LogP contribution in [0.15, 0.2) is 47.6 Å². The van der Waals surface area contributed by atoms with Gasteiger partial charge in [0.1, 0.15) is 0 Å². The summed E-state index contributed by atoms with van der Waals surface area (Å²) >= 11 is 0. The Hall–Kier alpha value is -1.77. The zero-order valence-corrected chi connectivity index (χ0v) is 8.48. The highest BCUT2D eigenvalue weighted by atomic mass is 15.2. The van der Waals surface area contributed by atoms with Crippen LogP contribution < -0.4 is 10.6 Å². The molecule has 1 aromatic carbocycles. The largest absolute Gasteiger partial charge is 0.356 e. The number of aliphatic imine (C=N–C) groups is 1. The molecular formula is C12H14N3. The van der Waals surface area contributed by atoms with Gasteiger partial charge in [-0.1, -0.05) is 30.3 Å². The molecule has 77 valence electrons. The van der Waals surface area contributed by atoms with E-state index in [4.69, 9.17) is 0 Å². The summed E-state index contributed by atoms with van der Waals surface area (Å²) in [6, 6.07) is 10.4. The van der Waals surface area contributed by atoms with E-state index in [0.29, 0.717) is 0 Å². The average Bonchev–Trinajstić information content (AvgIpc) is 2.32. The third-order valence-electron chi connectivity index (χ3n) is 2.15. The second-order valence-electron chi connectivity index (χ2n) is 3.29. The predicted molar refractivity (Wildman–Crippen MR) is 62.2 cm³/mol. The van der Waals surface area contributed by atoms with Crippen LogP contribution in [-0.2, 0) is 6.42 Å². The molecule has 0 saturated heterocycles. The van der Waals surface area contributed by atoms with Gasteiger partial charge in [0.15, 0.2) is 5.96 Å². The molecule has 1 aliphatic rings. The van der Waals surface area contributed by atoms with Gasteiger partial charge >= 0.3 is 0 Å². The number of guanidine groups is 1. The summed E-state index contributed by atoms with van der Waals surface area (Å²) in [7, 11) is 0. The van der Waals surface area contributed by atoms with Gasteiger partial charge in [-0.3, -0.25) is 0 Å². The Bertz CT molecular complexity index is 354. The van der Waals surface area contributed by atoms with Crippen LogP contribution in [0.1, 0.15) is 5.56 Å². The second-order valence-corrected chi connectivity index (χ2v) is 3.29. The first-order valence-electron chi connectivity index (χ1n) is 5.05. The van der Waals surface area contributed by atoms with Crippen LogP contribution in [0.3, 0.4) is 0 Å². The predicted octanol–water partition coefficient (Wildman–Crippen LogP) is 1.45. The number of nitrogens with zero attached hydrogens (tertiary/aromatic N) is 1. The lowest BCUT2D eigenvalue weighted by molar-refractivity contribution is 0.834. The summed E-state index contributed by atoms with van der Waals surface area (Å²) in [6.07, 6.45) is 4.63. The van der Waals surface area contributed by atoms with Crippen molar-refractivity contribution in [3.63, 3.8) is 0 Å². The molecule has 1 aliphatic heterocycles. The quantitative estimate of drug-likeness (QED) is 0.775. The van der Waals surface area contributed by atoms with E-state index in [-0.39, 0.29) is 0 Å². The lowest BCUT2D eigenvalue weighted by Gasteiger charge is -2.12. The van der Waals surface area contributed by atoms with E-state index in [2.05, 4.69) is 39.9 Å². The van der Waals surface area contributed by atoms with E-state index in [9.17, 15) is 0 Å². The summed E-state index contributed by atoms with van der Waals surface area (Å²) < 4.78 is 0. The summed E-state index contributed by atoms with van der Waals surface area (Å²) in [4.78, 5) is 4.14. The van der Waals surface area contributed by atoms with E-state index in [1.807, 2.05) is 18.7 Å². The molecule has 0 unspecified atom stereocenters. The molecule has 1 aromatic rings. The first-order chi connectivity index (χ1) is 7.45. The van der Waals surface area contributed by atoms with Crippen molar-refractivity contribution in [1.82, 2.24) is 10.6 Å². The van der Waals surface area contributed by atoms with Gasteiger partial charge in [-0.2, -0.15) is 0 Å². The Morgan fingerprint density at radius 1 is 1.20 bits per heavy atom. The fourth-order valence-corrected chi connectivity index (χ4v) is 1.39. The Labute approximate surface area is 89.9 Å². The lowest BCUT2D eigenvalue weighted by atomic mass is 10.1. The molecule has 2 rings (SSSR count). The van der Waals surface area contributed by atoms with Crippen molar-refractivity contribution in [1.29, 1.82) is 0 Å². The van der Waals surface area contributed by atoms with Crippen LogP contribution in [0, 0.1) is 6.54 Å². The molecule has 1 heterocycles. The highest BCUT2D eigenvalue weighted by Crippen LogP contribution is 1.98. The van der Waals surface area contributed by atoms with Crippen LogP contribution >= 0.6 is 0 Å². The number of hydrogen-bond acceptors (Lipinski definition) is 3. The average molecular weight is 200 g/mol. The highest BCUT2D eigenvalue weighted by molar-refractivity contribution is 5.82. The molecule has 0 saturated carbocycles. The Morgan fingerprint density at radius 3 is 2.80 bits per heavy atom. The second kappa shape index (κ2) is 5.20. The summed E-state index contributed by atoms with van der Waals surface area (Å²) in [6.45, 7) is 2.75. The van der Waals surface area contributed by atoms with Crippen LogP contribution in [0.2, 0.25) is 0 Å². The first-order valence-corrected chi connectivity index (χ1v) is 5.05. The van der Waals surface area contributed by atoms with Crippen molar-refractivity contribution in [3.05, 3.63) is 54.7 Å². The third-order valence-corrected chi connectivity index (χ3v) is 2.15. The van der Waals surface area contributed by atoms with Gasteiger partial charge in [0.2, 0.25) is 0 Å². The molecule has 3 nitrogen and oxygen atoms in total. The van der Waals surface area contributed by atoms with Gasteiger partial charge in [-0.05, 0) is 18.1 Å². The normalized spacial score (nSPS) is 14.3. The van der Waals surface area contributed by atoms with Gasteiger partial charge in [0.25, 0.3) is 0 Å².